The second-order valence-corrected chi connectivity index (χ2v) is 7.46. The molecule has 0 aromatic heterocycles. The van der Waals surface area contributed by atoms with Crippen LogP contribution in [0.15, 0.2) is 71.2 Å². The number of amides is 1. The highest BCUT2D eigenvalue weighted by atomic mass is 16.5. The number of Topliss-reactive ketones (excluding diaryl/α,β-unsaturated/α-hetero) is 2. The fourth-order valence-corrected chi connectivity index (χ4v) is 3.58. The van der Waals surface area contributed by atoms with Gasteiger partial charge in [0.2, 0.25) is 23.1 Å². The summed E-state index contributed by atoms with van der Waals surface area (Å²) < 4.78 is 10.2. The first-order valence-corrected chi connectivity index (χ1v) is 10.1. The lowest BCUT2D eigenvalue weighted by molar-refractivity contribution is -0.121. The van der Waals surface area contributed by atoms with Crippen molar-refractivity contribution in [3.8, 4) is 5.75 Å². The van der Waals surface area contributed by atoms with Crippen LogP contribution in [0, 0.1) is 0 Å². The standard InChI is InChI=1S/C25H25NO6/c1-14-18(22(29)24(32-4)23(31-3)21(14)28)12-16-10-11-20(27)19(13-16)25(30)26-15(2)17-8-6-5-7-9-17/h5-11,13,15,27H,12H2,1-4H3,(H,26,30)/t15-/m0/s1. The third-order valence-corrected chi connectivity index (χ3v) is 5.43. The van der Waals surface area contributed by atoms with Gasteiger partial charge in [-0.25, -0.2) is 0 Å². The Bertz CT molecular complexity index is 1130. The number of ether oxygens (including phenoxy) is 2. The van der Waals surface area contributed by atoms with E-state index in [0.717, 1.165) is 5.56 Å². The molecular weight excluding hydrogens is 410 g/mol. The van der Waals surface area contributed by atoms with Crippen molar-refractivity contribution in [3.05, 3.63) is 87.9 Å². The number of benzene rings is 2. The zero-order chi connectivity index (χ0) is 23.4. The van der Waals surface area contributed by atoms with Crippen LogP contribution >= 0.6 is 0 Å². The Morgan fingerprint density at radius 2 is 1.62 bits per heavy atom. The maximum Gasteiger partial charge on any atom is 0.255 e. The second kappa shape index (κ2) is 9.51. The van der Waals surface area contributed by atoms with Crippen molar-refractivity contribution < 1.29 is 29.0 Å². The number of hydrogen-bond acceptors (Lipinski definition) is 6. The molecule has 0 saturated heterocycles. The lowest BCUT2D eigenvalue weighted by Gasteiger charge is -2.20. The van der Waals surface area contributed by atoms with Crippen LogP contribution in [0.25, 0.3) is 0 Å². The Morgan fingerprint density at radius 3 is 2.25 bits per heavy atom. The van der Waals surface area contributed by atoms with E-state index in [1.165, 1.54) is 26.4 Å². The van der Waals surface area contributed by atoms with Crippen molar-refractivity contribution >= 4 is 17.5 Å². The highest BCUT2D eigenvalue weighted by Crippen LogP contribution is 2.29. The third-order valence-electron chi connectivity index (χ3n) is 5.43. The molecule has 7 heteroatoms. The average molecular weight is 435 g/mol. The summed E-state index contributed by atoms with van der Waals surface area (Å²) in [6.07, 6.45) is 0.0923. The number of nitrogens with one attached hydrogen (secondary N) is 1. The lowest BCUT2D eigenvalue weighted by atomic mass is 9.88. The number of phenolic OH excluding ortho intramolecular Hbond substituents is 1. The molecule has 0 radical (unpaired) electrons. The van der Waals surface area contributed by atoms with Crippen molar-refractivity contribution in [1.82, 2.24) is 5.32 Å². The molecule has 0 unspecified atom stereocenters. The summed E-state index contributed by atoms with van der Waals surface area (Å²) in [6, 6.07) is 13.7. The molecule has 2 aromatic carbocycles. The molecule has 1 amide bonds. The van der Waals surface area contributed by atoms with Crippen LogP contribution in [0.3, 0.4) is 0 Å². The maximum absolute atomic E-state index is 12.9. The number of hydrogen-bond donors (Lipinski definition) is 2. The quantitative estimate of drug-likeness (QED) is 0.647. The zero-order valence-corrected chi connectivity index (χ0v) is 18.4. The summed E-state index contributed by atoms with van der Waals surface area (Å²) in [6.45, 7) is 3.40. The van der Waals surface area contributed by atoms with Crippen molar-refractivity contribution in [3.63, 3.8) is 0 Å². The third kappa shape index (κ3) is 4.42. The van der Waals surface area contributed by atoms with Crippen LogP contribution in [0.2, 0.25) is 0 Å². The molecule has 0 saturated carbocycles. The molecular formula is C25H25NO6. The van der Waals surface area contributed by atoms with Crippen LogP contribution in [0.5, 0.6) is 5.75 Å². The SMILES string of the molecule is COC1=C(OC)C(=O)C(Cc2ccc(O)c(C(=O)N[C@@H](C)c3ccccc3)c2)=C(C)C1=O. The minimum atomic E-state index is -0.448. The van der Waals surface area contributed by atoms with Crippen LogP contribution in [-0.2, 0) is 25.5 Å². The summed E-state index contributed by atoms with van der Waals surface area (Å²) in [4.78, 5) is 38.3. The molecule has 32 heavy (non-hydrogen) atoms. The Morgan fingerprint density at radius 1 is 1.00 bits per heavy atom. The number of methoxy groups -OCH3 is 2. The monoisotopic (exact) mass is 435 g/mol. The summed E-state index contributed by atoms with van der Waals surface area (Å²) in [5.41, 5.74) is 2.11. The fraction of sp³-hybridized carbons (Fsp3) is 0.240. The van der Waals surface area contributed by atoms with Crippen molar-refractivity contribution in [2.75, 3.05) is 14.2 Å². The van der Waals surface area contributed by atoms with E-state index in [1.807, 2.05) is 37.3 Å². The Kier molecular flexibility index (Phi) is 6.78. The first-order valence-electron chi connectivity index (χ1n) is 10.1. The van der Waals surface area contributed by atoms with Gasteiger partial charge in [0, 0.05) is 17.6 Å². The molecule has 2 aromatic rings. The number of aromatic hydroxyl groups is 1. The van der Waals surface area contributed by atoms with Crippen LogP contribution in [0.1, 0.15) is 41.4 Å². The number of allylic oxidation sites excluding steroid dienone is 2. The van der Waals surface area contributed by atoms with E-state index in [9.17, 15) is 19.5 Å². The Labute approximate surface area is 186 Å². The van der Waals surface area contributed by atoms with Gasteiger partial charge in [-0.1, -0.05) is 36.4 Å². The van der Waals surface area contributed by atoms with Gasteiger partial charge in [-0.3, -0.25) is 14.4 Å². The van der Waals surface area contributed by atoms with Gasteiger partial charge in [-0.05, 0) is 37.1 Å². The Balaban J connectivity index is 1.86. The van der Waals surface area contributed by atoms with Gasteiger partial charge in [-0.2, -0.15) is 0 Å². The van der Waals surface area contributed by atoms with E-state index in [1.54, 1.807) is 13.0 Å². The summed E-state index contributed by atoms with van der Waals surface area (Å²) >= 11 is 0. The van der Waals surface area contributed by atoms with Gasteiger partial charge in [0.25, 0.3) is 5.91 Å². The Hall–Kier alpha value is -3.87. The minimum absolute atomic E-state index is 0.0817. The molecule has 0 fully saturated rings. The highest BCUT2D eigenvalue weighted by molar-refractivity contribution is 6.23. The molecule has 1 aliphatic carbocycles. The molecule has 3 rings (SSSR count). The van der Waals surface area contributed by atoms with Crippen molar-refractivity contribution in [1.29, 1.82) is 0 Å². The highest BCUT2D eigenvalue weighted by Gasteiger charge is 2.34. The van der Waals surface area contributed by atoms with Gasteiger partial charge in [0.05, 0.1) is 25.8 Å². The number of carbonyl (C=O) groups is 3. The fourth-order valence-electron chi connectivity index (χ4n) is 3.58. The smallest absolute Gasteiger partial charge is 0.255 e. The average Bonchev–Trinajstić information content (AvgIpc) is 2.80. The summed E-state index contributed by atoms with van der Waals surface area (Å²) in [5.74, 6) is -1.77. The lowest BCUT2D eigenvalue weighted by Crippen LogP contribution is -2.27. The van der Waals surface area contributed by atoms with Crippen molar-refractivity contribution in [2.24, 2.45) is 0 Å². The summed E-state index contributed by atoms with van der Waals surface area (Å²) in [7, 11) is 2.60. The molecule has 0 heterocycles. The molecule has 0 bridgehead atoms. The predicted octanol–water partition coefficient (Wildman–Crippen LogP) is 3.40. The number of phenols is 1. The van der Waals surface area contributed by atoms with Crippen LogP contribution in [0.4, 0.5) is 0 Å². The van der Waals surface area contributed by atoms with Gasteiger partial charge in [-0.15, -0.1) is 0 Å². The maximum atomic E-state index is 12.9. The molecule has 1 aliphatic rings. The minimum Gasteiger partial charge on any atom is -0.507 e. The topological polar surface area (TPSA) is 102 Å². The largest absolute Gasteiger partial charge is 0.507 e. The molecule has 166 valence electrons. The summed E-state index contributed by atoms with van der Waals surface area (Å²) in [5, 5.41) is 13.1. The van der Waals surface area contributed by atoms with Gasteiger partial charge in [0.1, 0.15) is 5.75 Å². The van der Waals surface area contributed by atoms with Crippen LogP contribution in [-0.4, -0.2) is 36.8 Å². The number of carbonyl (C=O) groups excluding carboxylic acids is 3. The first kappa shape index (κ1) is 22.8. The molecule has 2 N–H and O–H groups in total. The van der Waals surface area contributed by atoms with E-state index in [0.29, 0.717) is 5.56 Å². The number of ketones is 2. The van der Waals surface area contributed by atoms with Crippen LogP contribution < -0.4 is 5.32 Å². The molecule has 0 spiro atoms. The van der Waals surface area contributed by atoms with E-state index in [-0.39, 0.29) is 46.4 Å². The normalized spacial score (nSPS) is 15.0. The molecule has 7 nitrogen and oxygen atoms in total. The molecule has 0 aliphatic heterocycles. The van der Waals surface area contributed by atoms with Crippen molar-refractivity contribution in [2.45, 2.75) is 26.3 Å². The van der Waals surface area contributed by atoms with E-state index >= 15 is 0 Å². The number of rotatable bonds is 7. The first-order chi connectivity index (χ1) is 15.3. The van der Waals surface area contributed by atoms with E-state index in [4.69, 9.17) is 9.47 Å². The van der Waals surface area contributed by atoms with Gasteiger partial charge >= 0.3 is 0 Å². The van der Waals surface area contributed by atoms with Gasteiger partial charge < -0.3 is 19.9 Å². The second-order valence-electron chi connectivity index (χ2n) is 7.46. The van der Waals surface area contributed by atoms with E-state index in [2.05, 4.69) is 5.32 Å². The predicted molar refractivity (Wildman–Crippen MR) is 118 cm³/mol. The zero-order valence-electron chi connectivity index (χ0n) is 18.4. The molecule has 1 atom stereocenters. The van der Waals surface area contributed by atoms with E-state index < -0.39 is 17.5 Å². The van der Waals surface area contributed by atoms with Gasteiger partial charge in [0.15, 0.2) is 0 Å².